The van der Waals surface area contributed by atoms with Gasteiger partial charge in [-0.15, -0.1) is 0 Å². The molecular weight excluding hydrogens is 284 g/mol. The molecule has 0 heterocycles. The SMILES string of the molecule is CCC(=O)OC1(O)CCCC/C1=C\OC(=O)c1ccccc1. The van der Waals surface area contributed by atoms with Gasteiger partial charge in [-0.3, -0.25) is 4.79 Å². The molecular formula is C17H20O5. The van der Waals surface area contributed by atoms with Crippen LogP contribution >= 0.6 is 0 Å². The smallest absolute Gasteiger partial charge is 0.342 e. The van der Waals surface area contributed by atoms with Crippen LogP contribution in [-0.2, 0) is 14.3 Å². The average Bonchev–Trinajstić information content (AvgIpc) is 2.54. The Morgan fingerprint density at radius 2 is 2.00 bits per heavy atom. The van der Waals surface area contributed by atoms with Crippen molar-refractivity contribution in [2.24, 2.45) is 0 Å². The number of benzene rings is 1. The quantitative estimate of drug-likeness (QED) is 0.526. The van der Waals surface area contributed by atoms with Crippen LogP contribution in [0.5, 0.6) is 0 Å². The third kappa shape index (κ3) is 3.95. The standard InChI is InChI=1S/C17H20O5/c1-2-15(18)22-17(20)11-7-6-10-14(17)12-21-16(19)13-8-4-3-5-9-13/h3-5,8-9,12,20H,2,6-7,10-11H2,1H3/b14-12+. The van der Waals surface area contributed by atoms with Crippen molar-refractivity contribution in [1.29, 1.82) is 0 Å². The number of carbonyl (C=O) groups is 2. The topological polar surface area (TPSA) is 72.8 Å². The number of esters is 2. The van der Waals surface area contributed by atoms with Gasteiger partial charge in [-0.2, -0.15) is 0 Å². The van der Waals surface area contributed by atoms with Gasteiger partial charge in [0.05, 0.1) is 5.56 Å². The van der Waals surface area contributed by atoms with Crippen LogP contribution in [0, 0.1) is 0 Å². The molecule has 0 spiro atoms. The van der Waals surface area contributed by atoms with Crippen molar-refractivity contribution in [2.75, 3.05) is 0 Å². The molecule has 1 atom stereocenters. The van der Waals surface area contributed by atoms with Crippen LogP contribution in [-0.4, -0.2) is 22.8 Å². The van der Waals surface area contributed by atoms with Gasteiger partial charge in [0.2, 0.25) is 5.79 Å². The Kier molecular flexibility index (Phi) is 5.33. The Balaban J connectivity index is 2.10. The van der Waals surface area contributed by atoms with Gasteiger partial charge in [0.25, 0.3) is 0 Å². The highest BCUT2D eigenvalue weighted by molar-refractivity contribution is 5.89. The molecule has 5 nitrogen and oxygen atoms in total. The maximum absolute atomic E-state index is 11.9. The molecule has 1 N–H and O–H groups in total. The second kappa shape index (κ2) is 7.22. The average molecular weight is 304 g/mol. The Morgan fingerprint density at radius 1 is 1.27 bits per heavy atom. The summed E-state index contributed by atoms with van der Waals surface area (Å²) in [5.74, 6) is -2.66. The third-order valence-electron chi connectivity index (χ3n) is 3.60. The molecule has 5 heteroatoms. The van der Waals surface area contributed by atoms with E-state index in [1.165, 1.54) is 6.26 Å². The lowest BCUT2D eigenvalue weighted by Gasteiger charge is -2.33. The molecule has 0 radical (unpaired) electrons. The van der Waals surface area contributed by atoms with Crippen molar-refractivity contribution < 1.29 is 24.2 Å². The lowest BCUT2D eigenvalue weighted by atomic mass is 9.89. The molecule has 1 aliphatic rings. The van der Waals surface area contributed by atoms with Gasteiger partial charge in [-0.25, -0.2) is 4.79 Å². The van der Waals surface area contributed by atoms with E-state index in [1.807, 2.05) is 0 Å². The summed E-state index contributed by atoms with van der Waals surface area (Å²) in [5.41, 5.74) is 0.842. The van der Waals surface area contributed by atoms with E-state index in [9.17, 15) is 14.7 Å². The zero-order valence-corrected chi connectivity index (χ0v) is 12.6. The van der Waals surface area contributed by atoms with Crippen LogP contribution < -0.4 is 0 Å². The van der Waals surface area contributed by atoms with E-state index in [4.69, 9.17) is 9.47 Å². The molecule has 1 aliphatic carbocycles. The highest BCUT2D eigenvalue weighted by atomic mass is 16.7. The molecule has 0 saturated heterocycles. The second-order valence-electron chi connectivity index (χ2n) is 5.23. The summed E-state index contributed by atoms with van der Waals surface area (Å²) >= 11 is 0. The Hall–Kier alpha value is -2.14. The Bertz CT molecular complexity index is 564. The van der Waals surface area contributed by atoms with Crippen molar-refractivity contribution in [1.82, 2.24) is 0 Å². The number of hydrogen-bond acceptors (Lipinski definition) is 5. The van der Waals surface area contributed by atoms with E-state index in [-0.39, 0.29) is 6.42 Å². The van der Waals surface area contributed by atoms with Crippen molar-refractivity contribution in [2.45, 2.75) is 44.8 Å². The molecule has 0 aliphatic heterocycles. The highest BCUT2D eigenvalue weighted by Gasteiger charge is 2.38. The Morgan fingerprint density at radius 3 is 2.68 bits per heavy atom. The predicted octanol–water partition coefficient (Wildman–Crippen LogP) is 2.94. The first-order valence-corrected chi connectivity index (χ1v) is 7.45. The molecule has 2 rings (SSSR count). The van der Waals surface area contributed by atoms with E-state index in [0.29, 0.717) is 24.0 Å². The van der Waals surface area contributed by atoms with Gasteiger partial charge < -0.3 is 14.6 Å². The molecule has 0 aromatic heterocycles. The van der Waals surface area contributed by atoms with Crippen LogP contribution in [0.3, 0.4) is 0 Å². The molecule has 0 amide bonds. The van der Waals surface area contributed by atoms with E-state index in [0.717, 1.165) is 12.8 Å². The second-order valence-corrected chi connectivity index (χ2v) is 5.23. The molecule has 1 unspecified atom stereocenters. The van der Waals surface area contributed by atoms with Crippen molar-refractivity contribution in [3.8, 4) is 0 Å². The summed E-state index contributed by atoms with van der Waals surface area (Å²) in [7, 11) is 0. The molecule has 1 aromatic rings. The predicted molar refractivity (Wildman–Crippen MR) is 79.7 cm³/mol. The zero-order valence-electron chi connectivity index (χ0n) is 12.6. The Labute approximate surface area is 129 Å². The zero-order chi connectivity index (χ0) is 16.0. The number of aliphatic hydroxyl groups is 1. The van der Waals surface area contributed by atoms with E-state index in [1.54, 1.807) is 37.3 Å². The van der Waals surface area contributed by atoms with Crippen LogP contribution in [0.25, 0.3) is 0 Å². The third-order valence-corrected chi connectivity index (χ3v) is 3.60. The molecule has 1 aromatic carbocycles. The summed E-state index contributed by atoms with van der Waals surface area (Å²) in [6.45, 7) is 1.66. The summed E-state index contributed by atoms with van der Waals surface area (Å²) in [4.78, 5) is 23.4. The number of hydrogen-bond donors (Lipinski definition) is 1. The number of carbonyl (C=O) groups excluding carboxylic acids is 2. The summed E-state index contributed by atoms with van der Waals surface area (Å²) < 4.78 is 10.3. The summed E-state index contributed by atoms with van der Waals surface area (Å²) in [6.07, 6.45) is 3.83. The first-order chi connectivity index (χ1) is 10.5. The van der Waals surface area contributed by atoms with E-state index in [2.05, 4.69) is 0 Å². The van der Waals surface area contributed by atoms with Crippen LogP contribution in [0.1, 0.15) is 49.4 Å². The van der Waals surface area contributed by atoms with Crippen LogP contribution in [0.2, 0.25) is 0 Å². The minimum atomic E-state index is -1.66. The molecule has 1 saturated carbocycles. The van der Waals surface area contributed by atoms with Crippen molar-refractivity contribution >= 4 is 11.9 Å². The van der Waals surface area contributed by atoms with Crippen LogP contribution in [0.4, 0.5) is 0 Å². The van der Waals surface area contributed by atoms with Crippen LogP contribution in [0.15, 0.2) is 42.2 Å². The fraction of sp³-hybridized carbons (Fsp3) is 0.412. The van der Waals surface area contributed by atoms with E-state index < -0.39 is 17.7 Å². The monoisotopic (exact) mass is 304 g/mol. The van der Waals surface area contributed by atoms with Gasteiger partial charge >= 0.3 is 11.9 Å². The molecule has 0 bridgehead atoms. The van der Waals surface area contributed by atoms with Gasteiger partial charge in [-0.1, -0.05) is 25.1 Å². The van der Waals surface area contributed by atoms with Gasteiger partial charge in [0, 0.05) is 18.4 Å². The summed E-state index contributed by atoms with van der Waals surface area (Å²) in [6, 6.07) is 8.57. The molecule has 1 fully saturated rings. The number of rotatable bonds is 4. The summed E-state index contributed by atoms with van der Waals surface area (Å²) in [5, 5.41) is 10.5. The largest absolute Gasteiger partial charge is 0.431 e. The van der Waals surface area contributed by atoms with Gasteiger partial charge in [0.15, 0.2) is 0 Å². The van der Waals surface area contributed by atoms with Gasteiger partial charge in [-0.05, 0) is 31.4 Å². The maximum atomic E-state index is 11.9. The first kappa shape index (κ1) is 16.2. The van der Waals surface area contributed by atoms with Gasteiger partial charge in [0.1, 0.15) is 6.26 Å². The molecule has 118 valence electrons. The highest BCUT2D eigenvalue weighted by Crippen LogP contribution is 2.34. The lowest BCUT2D eigenvalue weighted by molar-refractivity contribution is -0.200. The lowest BCUT2D eigenvalue weighted by Crippen LogP contribution is -2.39. The molecule has 22 heavy (non-hydrogen) atoms. The normalized spacial score (nSPS) is 23.1. The number of ether oxygens (including phenoxy) is 2. The minimum Gasteiger partial charge on any atom is -0.431 e. The van der Waals surface area contributed by atoms with Crippen molar-refractivity contribution in [3.63, 3.8) is 0 Å². The maximum Gasteiger partial charge on any atom is 0.342 e. The fourth-order valence-corrected chi connectivity index (χ4v) is 2.33. The minimum absolute atomic E-state index is 0.180. The first-order valence-electron chi connectivity index (χ1n) is 7.45. The van der Waals surface area contributed by atoms with E-state index >= 15 is 0 Å². The fourth-order valence-electron chi connectivity index (χ4n) is 2.33. The van der Waals surface area contributed by atoms with Crippen molar-refractivity contribution in [3.05, 3.63) is 47.7 Å².